The standard InChI is InChI=1S/C19H16FN5OS/c1-27-17-12-23-25(15-5-3-2-4-6-15)18(17)24-19(26)22-11-14-9-13(10-21)7-8-16(14)20/h2-9,12H,11H2,1H3,(H2,22,24,26). The largest absolute Gasteiger partial charge is 0.334 e. The molecular formula is C19H16FN5OS. The van der Waals surface area contributed by atoms with Crippen LogP contribution < -0.4 is 10.6 Å². The van der Waals surface area contributed by atoms with E-state index in [0.717, 1.165) is 10.6 Å². The number of carbonyl (C=O) groups excluding carboxylic acids is 1. The lowest BCUT2D eigenvalue weighted by Gasteiger charge is -2.12. The SMILES string of the molecule is CSc1cnn(-c2ccccc2)c1NC(=O)NCc1cc(C#N)ccc1F. The molecule has 0 aliphatic rings. The average molecular weight is 381 g/mol. The summed E-state index contributed by atoms with van der Waals surface area (Å²) in [5.41, 5.74) is 1.38. The predicted molar refractivity (Wildman–Crippen MR) is 102 cm³/mol. The van der Waals surface area contributed by atoms with Gasteiger partial charge in [0.15, 0.2) is 5.82 Å². The van der Waals surface area contributed by atoms with Gasteiger partial charge in [-0.05, 0) is 36.6 Å². The van der Waals surface area contributed by atoms with Crippen molar-refractivity contribution in [3.8, 4) is 11.8 Å². The maximum atomic E-state index is 13.8. The smallest absolute Gasteiger partial charge is 0.320 e. The molecule has 3 rings (SSSR count). The molecule has 0 atom stereocenters. The molecule has 1 aromatic heterocycles. The minimum atomic E-state index is -0.496. The van der Waals surface area contributed by atoms with Crippen LogP contribution in [-0.2, 0) is 6.54 Å². The first-order valence-corrected chi connectivity index (χ1v) is 9.25. The number of thioether (sulfide) groups is 1. The van der Waals surface area contributed by atoms with E-state index in [1.807, 2.05) is 42.7 Å². The number of nitrogens with one attached hydrogen (secondary N) is 2. The molecule has 0 aliphatic heterocycles. The van der Waals surface area contributed by atoms with Gasteiger partial charge in [0.05, 0.1) is 28.4 Å². The zero-order chi connectivity index (χ0) is 19.2. The molecule has 6 nitrogen and oxygen atoms in total. The Bertz CT molecular complexity index is 997. The minimum absolute atomic E-state index is 0.0404. The number of benzene rings is 2. The van der Waals surface area contributed by atoms with Crippen LogP contribution in [0.5, 0.6) is 0 Å². The molecule has 0 radical (unpaired) electrons. The molecule has 8 heteroatoms. The lowest BCUT2D eigenvalue weighted by molar-refractivity contribution is 0.251. The predicted octanol–water partition coefficient (Wildman–Crippen LogP) is 3.93. The van der Waals surface area contributed by atoms with E-state index in [1.165, 1.54) is 30.0 Å². The van der Waals surface area contributed by atoms with Gasteiger partial charge in [0.1, 0.15) is 5.82 Å². The summed E-state index contributed by atoms with van der Waals surface area (Å²) in [6, 6.07) is 14.9. The van der Waals surface area contributed by atoms with Crippen LogP contribution in [0.1, 0.15) is 11.1 Å². The monoisotopic (exact) mass is 381 g/mol. The zero-order valence-electron chi connectivity index (χ0n) is 14.4. The van der Waals surface area contributed by atoms with Gasteiger partial charge < -0.3 is 5.32 Å². The van der Waals surface area contributed by atoms with Crippen LogP contribution in [0.25, 0.3) is 5.69 Å². The molecule has 0 bridgehead atoms. The van der Waals surface area contributed by atoms with E-state index in [9.17, 15) is 9.18 Å². The number of urea groups is 1. The highest BCUT2D eigenvalue weighted by molar-refractivity contribution is 7.98. The molecule has 0 aliphatic carbocycles. The zero-order valence-corrected chi connectivity index (χ0v) is 15.3. The first kappa shape index (κ1) is 18.5. The summed E-state index contributed by atoms with van der Waals surface area (Å²) in [7, 11) is 0. The Morgan fingerprint density at radius 1 is 1.30 bits per heavy atom. The molecule has 2 aromatic carbocycles. The second-order valence-electron chi connectivity index (χ2n) is 5.53. The molecule has 0 saturated heterocycles. The van der Waals surface area contributed by atoms with Gasteiger partial charge in [-0.3, -0.25) is 5.32 Å². The number of halogens is 1. The molecule has 2 amide bonds. The quantitative estimate of drug-likeness (QED) is 0.656. The Morgan fingerprint density at radius 2 is 2.07 bits per heavy atom. The molecule has 0 saturated carbocycles. The topological polar surface area (TPSA) is 82.7 Å². The van der Waals surface area contributed by atoms with Crippen molar-refractivity contribution in [2.75, 3.05) is 11.6 Å². The van der Waals surface area contributed by atoms with Crippen LogP contribution in [0.4, 0.5) is 15.0 Å². The second-order valence-corrected chi connectivity index (χ2v) is 6.38. The van der Waals surface area contributed by atoms with E-state index >= 15 is 0 Å². The fourth-order valence-electron chi connectivity index (χ4n) is 2.47. The van der Waals surface area contributed by atoms with Crippen LogP contribution in [0.15, 0.2) is 59.6 Å². The number of hydrogen-bond donors (Lipinski definition) is 2. The van der Waals surface area contributed by atoms with Crippen LogP contribution >= 0.6 is 11.8 Å². The Hall–Kier alpha value is -3.31. The molecule has 27 heavy (non-hydrogen) atoms. The number of rotatable bonds is 5. The summed E-state index contributed by atoms with van der Waals surface area (Å²) in [5.74, 6) is 0.0471. The third-order valence-electron chi connectivity index (χ3n) is 3.80. The van der Waals surface area contributed by atoms with Crippen molar-refractivity contribution in [3.05, 3.63) is 71.7 Å². The van der Waals surface area contributed by atoms with Gasteiger partial charge >= 0.3 is 6.03 Å². The van der Waals surface area contributed by atoms with Crippen LogP contribution in [0, 0.1) is 17.1 Å². The fourth-order valence-corrected chi connectivity index (χ4v) is 2.95. The summed E-state index contributed by atoms with van der Waals surface area (Å²) in [5, 5.41) is 18.6. The van der Waals surface area contributed by atoms with Gasteiger partial charge in [0, 0.05) is 12.1 Å². The first-order valence-electron chi connectivity index (χ1n) is 8.03. The number of anilines is 1. The number of amides is 2. The molecular weight excluding hydrogens is 365 g/mol. The first-order chi connectivity index (χ1) is 13.1. The van der Waals surface area contributed by atoms with Crippen LogP contribution in [-0.4, -0.2) is 22.1 Å². The Balaban J connectivity index is 1.75. The number of nitrogens with zero attached hydrogens (tertiary/aromatic N) is 3. The third kappa shape index (κ3) is 4.27. The number of nitriles is 1. The van der Waals surface area contributed by atoms with E-state index in [4.69, 9.17) is 5.26 Å². The summed E-state index contributed by atoms with van der Waals surface area (Å²) in [4.78, 5) is 13.1. The maximum absolute atomic E-state index is 13.8. The fraction of sp³-hybridized carbons (Fsp3) is 0.105. The van der Waals surface area contributed by atoms with Crippen molar-refractivity contribution in [1.29, 1.82) is 5.26 Å². The van der Waals surface area contributed by atoms with Gasteiger partial charge in [0.25, 0.3) is 0 Å². The number of carbonyl (C=O) groups is 1. The van der Waals surface area contributed by atoms with Crippen LogP contribution in [0.3, 0.4) is 0 Å². The molecule has 3 aromatic rings. The van der Waals surface area contributed by atoms with Gasteiger partial charge in [0.2, 0.25) is 0 Å². The molecule has 0 fully saturated rings. The molecule has 1 heterocycles. The normalized spacial score (nSPS) is 10.3. The number of aromatic nitrogens is 2. The van der Waals surface area contributed by atoms with Crippen molar-refractivity contribution in [2.45, 2.75) is 11.4 Å². The van der Waals surface area contributed by atoms with Crippen LogP contribution in [0.2, 0.25) is 0 Å². The average Bonchev–Trinajstić information content (AvgIpc) is 3.10. The van der Waals surface area contributed by atoms with Gasteiger partial charge in [-0.1, -0.05) is 18.2 Å². The number of hydrogen-bond acceptors (Lipinski definition) is 4. The molecule has 0 unspecified atom stereocenters. The lowest BCUT2D eigenvalue weighted by Crippen LogP contribution is -2.29. The van der Waals surface area contributed by atoms with Gasteiger partial charge in [-0.25, -0.2) is 13.9 Å². The molecule has 136 valence electrons. The summed E-state index contributed by atoms with van der Waals surface area (Å²) in [6.45, 7) is -0.0404. The van der Waals surface area contributed by atoms with E-state index in [1.54, 1.807) is 10.9 Å². The summed E-state index contributed by atoms with van der Waals surface area (Å²) in [6.07, 6.45) is 3.56. The Labute approximate surface area is 160 Å². The second kappa shape index (κ2) is 8.38. The Morgan fingerprint density at radius 3 is 2.78 bits per heavy atom. The summed E-state index contributed by atoms with van der Waals surface area (Å²) >= 11 is 1.45. The van der Waals surface area contributed by atoms with Crippen molar-refractivity contribution >= 4 is 23.6 Å². The highest BCUT2D eigenvalue weighted by Crippen LogP contribution is 2.27. The van der Waals surface area contributed by atoms with Crippen molar-refractivity contribution < 1.29 is 9.18 Å². The highest BCUT2D eigenvalue weighted by Gasteiger charge is 2.15. The minimum Gasteiger partial charge on any atom is -0.334 e. The van der Waals surface area contributed by atoms with E-state index in [-0.39, 0.29) is 12.1 Å². The molecule has 0 spiro atoms. The molecule has 2 N–H and O–H groups in total. The van der Waals surface area contributed by atoms with Crippen molar-refractivity contribution in [3.63, 3.8) is 0 Å². The highest BCUT2D eigenvalue weighted by atomic mass is 32.2. The number of para-hydroxylation sites is 1. The van der Waals surface area contributed by atoms with Crippen molar-refractivity contribution in [1.82, 2.24) is 15.1 Å². The summed E-state index contributed by atoms with van der Waals surface area (Å²) < 4.78 is 15.5. The van der Waals surface area contributed by atoms with Crippen molar-refractivity contribution in [2.24, 2.45) is 0 Å². The maximum Gasteiger partial charge on any atom is 0.320 e. The Kier molecular flexibility index (Phi) is 5.74. The van der Waals surface area contributed by atoms with E-state index in [2.05, 4.69) is 15.7 Å². The van der Waals surface area contributed by atoms with E-state index < -0.39 is 11.8 Å². The van der Waals surface area contributed by atoms with Gasteiger partial charge in [-0.15, -0.1) is 11.8 Å². The van der Waals surface area contributed by atoms with E-state index in [0.29, 0.717) is 11.4 Å². The third-order valence-corrected chi connectivity index (χ3v) is 4.54. The van der Waals surface area contributed by atoms with Gasteiger partial charge in [-0.2, -0.15) is 10.4 Å². The lowest BCUT2D eigenvalue weighted by atomic mass is 10.1.